The summed E-state index contributed by atoms with van der Waals surface area (Å²) in [6.45, 7) is 0. The molecule has 0 atom stereocenters. The summed E-state index contributed by atoms with van der Waals surface area (Å²) in [5, 5.41) is 0.268. The molecule has 112 valence electrons. The number of benzene rings is 2. The number of carbonyl (C=O) groups excluding carboxylic acids is 2. The molecule has 0 fully saturated rings. The van der Waals surface area contributed by atoms with E-state index in [-0.39, 0.29) is 10.9 Å². The Labute approximate surface area is 128 Å². The molecule has 0 radical (unpaired) electrons. The van der Waals surface area contributed by atoms with E-state index in [0.717, 1.165) is 4.90 Å². The third kappa shape index (κ3) is 1.83. The van der Waals surface area contributed by atoms with Gasteiger partial charge in [0.15, 0.2) is 0 Å². The maximum absolute atomic E-state index is 12.4. The lowest BCUT2D eigenvalue weighted by Crippen LogP contribution is -2.29. The maximum atomic E-state index is 12.4. The number of nitrogens with zero attached hydrogens (tertiary/aromatic N) is 1. The quantitative estimate of drug-likeness (QED) is 0.655. The zero-order valence-electron chi connectivity index (χ0n) is 11.6. The number of hydrogen-bond acceptors (Lipinski definition) is 4. The molecular weight excluding hydrogens is 298 g/mol. The van der Waals surface area contributed by atoms with Crippen LogP contribution < -0.4 is 16.1 Å². The highest BCUT2D eigenvalue weighted by molar-refractivity contribution is 6.34. The number of hydrogen-bond donors (Lipinski definition) is 2. The Kier molecular flexibility index (Phi) is 2.59. The zero-order valence-corrected chi connectivity index (χ0v) is 11.6. The first kappa shape index (κ1) is 13.2. The predicted molar refractivity (Wildman–Crippen MR) is 82.8 cm³/mol. The van der Waals surface area contributed by atoms with Crippen LogP contribution in [0, 0.1) is 0 Å². The van der Waals surface area contributed by atoms with Crippen LogP contribution in [0.1, 0.15) is 20.7 Å². The van der Waals surface area contributed by atoms with E-state index in [1.165, 1.54) is 18.2 Å². The number of fused-ring (bicyclic) bond motifs is 2. The molecule has 1 aliphatic rings. The predicted octanol–water partition coefficient (Wildman–Crippen LogP) is 1.02. The molecule has 0 bridgehead atoms. The van der Waals surface area contributed by atoms with Crippen LogP contribution in [-0.4, -0.2) is 21.8 Å². The number of aromatic nitrogens is 2. The minimum Gasteiger partial charge on any atom is -0.307 e. The third-order valence-corrected chi connectivity index (χ3v) is 3.78. The van der Waals surface area contributed by atoms with Gasteiger partial charge in [0.05, 0.1) is 27.7 Å². The standard InChI is InChI=1S/C16H9N3O4/c20-13-11-6-5-8(7-12(11)17-16(23)18-13)19-14(21)9-3-1-2-4-10(9)15(19)22/h1-7H,(H2,17,18,20,23). The molecule has 7 heteroatoms. The second kappa shape index (κ2) is 4.51. The van der Waals surface area contributed by atoms with Crippen LogP contribution in [0.2, 0.25) is 0 Å². The molecule has 2 aromatic carbocycles. The van der Waals surface area contributed by atoms with Gasteiger partial charge in [-0.25, -0.2) is 9.69 Å². The van der Waals surface area contributed by atoms with Gasteiger partial charge >= 0.3 is 5.69 Å². The van der Waals surface area contributed by atoms with E-state index in [1.54, 1.807) is 24.3 Å². The van der Waals surface area contributed by atoms with Gasteiger partial charge < -0.3 is 4.98 Å². The van der Waals surface area contributed by atoms with Gasteiger partial charge in [-0.2, -0.15) is 0 Å². The highest BCUT2D eigenvalue weighted by atomic mass is 16.2. The van der Waals surface area contributed by atoms with Crippen molar-refractivity contribution in [1.29, 1.82) is 0 Å². The summed E-state index contributed by atoms with van der Waals surface area (Å²) in [5.41, 5.74) is 0.0337. The first-order valence-corrected chi connectivity index (χ1v) is 6.80. The molecule has 2 heterocycles. The van der Waals surface area contributed by atoms with Crippen LogP contribution in [0.15, 0.2) is 52.1 Å². The minimum atomic E-state index is -0.651. The average Bonchev–Trinajstić information content (AvgIpc) is 2.78. The van der Waals surface area contributed by atoms with Gasteiger partial charge in [-0.1, -0.05) is 12.1 Å². The molecule has 0 saturated carbocycles. The molecular formula is C16H9N3O4. The summed E-state index contributed by atoms with van der Waals surface area (Å²) in [5.74, 6) is -0.866. The molecule has 7 nitrogen and oxygen atoms in total. The second-order valence-electron chi connectivity index (χ2n) is 5.13. The number of H-pyrrole nitrogens is 2. The number of imide groups is 1. The topological polar surface area (TPSA) is 103 Å². The highest BCUT2D eigenvalue weighted by Gasteiger charge is 2.36. The minimum absolute atomic E-state index is 0.257. The Morgan fingerprint density at radius 1 is 0.783 bits per heavy atom. The molecule has 1 aliphatic heterocycles. The molecule has 1 aromatic heterocycles. The fraction of sp³-hybridized carbons (Fsp3) is 0. The Balaban J connectivity index is 1.91. The third-order valence-electron chi connectivity index (χ3n) is 3.78. The van der Waals surface area contributed by atoms with Crippen LogP contribution in [-0.2, 0) is 0 Å². The van der Waals surface area contributed by atoms with E-state index < -0.39 is 23.1 Å². The highest BCUT2D eigenvalue weighted by Crippen LogP contribution is 2.29. The number of amides is 2. The average molecular weight is 307 g/mol. The Morgan fingerprint density at radius 3 is 2.09 bits per heavy atom. The summed E-state index contributed by atoms with van der Waals surface area (Å²) < 4.78 is 0. The van der Waals surface area contributed by atoms with Crippen molar-refractivity contribution >= 4 is 28.4 Å². The molecule has 4 rings (SSSR count). The van der Waals surface area contributed by atoms with Crippen molar-refractivity contribution in [2.45, 2.75) is 0 Å². The summed E-state index contributed by atoms with van der Waals surface area (Å²) in [6.07, 6.45) is 0. The van der Waals surface area contributed by atoms with Crippen molar-refractivity contribution in [3.8, 4) is 0 Å². The van der Waals surface area contributed by atoms with E-state index in [9.17, 15) is 19.2 Å². The van der Waals surface area contributed by atoms with Crippen molar-refractivity contribution in [3.05, 3.63) is 74.4 Å². The molecule has 23 heavy (non-hydrogen) atoms. The maximum Gasteiger partial charge on any atom is 0.326 e. The molecule has 0 saturated heterocycles. The zero-order chi connectivity index (χ0) is 16.1. The van der Waals surface area contributed by atoms with Crippen LogP contribution in [0.3, 0.4) is 0 Å². The van der Waals surface area contributed by atoms with Crippen molar-refractivity contribution < 1.29 is 9.59 Å². The first-order chi connectivity index (χ1) is 11.1. The van der Waals surface area contributed by atoms with Crippen LogP contribution >= 0.6 is 0 Å². The van der Waals surface area contributed by atoms with Gasteiger partial charge in [-0.3, -0.25) is 19.4 Å². The van der Waals surface area contributed by atoms with Gasteiger partial charge in [0.1, 0.15) is 0 Å². The molecule has 2 amide bonds. The number of carbonyl (C=O) groups is 2. The van der Waals surface area contributed by atoms with E-state index in [4.69, 9.17) is 0 Å². The second-order valence-corrected chi connectivity index (χ2v) is 5.13. The molecule has 0 spiro atoms. The number of aromatic amines is 2. The Hall–Kier alpha value is -3.48. The number of anilines is 1. The van der Waals surface area contributed by atoms with E-state index in [2.05, 4.69) is 9.97 Å². The van der Waals surface area contributed by atoms with Gasteiger partial charge in [0.25, 0.3) is 17.4 Å². The summed E-state index contributed by atoms with van der Waals surface area (Å²) in [7, 11) is 0. The van der Waals surface area contributed by atoms with Crippen molar-refractivity contribution in [3.63, 3.8) is 0 Å². The lowest BCUT2D eigenvalue weighted by atomic mass is 10.1. The fourth-order valence-electron chi connectivity index (χ4n) is 2.72. The first-order valence-electron chi connectivity index (χ1n) is 6.80. The van der Waals surface area contributed by atoms with Crippen molar-refractivity contribution in [2.75, 3.05) is 4.90 Å². The SMILES string of the molecule is O=C1c2ccccc2C(=O)N1c1ccc2c(=O)[nH]c(=O)[nH]c2c1. The lowest BCUT2D eigenvalue weighted by molar-refractivity contribution is 0.0926. The van der Waals surface area contributed by atoms with Gasteiger partial charge in [0.2, 0.25) is 0 Å². The van der Waals surface area contributed by atoms with Crippen LogP contribution in [0.4, 0.5) is 5.69 Å². The summed E-state index contributed by atoms with van der Waals surface area (Å²) >= 11 is 0. The number of rotatable bonds is 1. The van der Waals surface area contributed by atoms with E-state index in [0.29, 0.717) is 16.8 Å². The molecule has 3 aromatic rings. The summed E-state index contributed by atoms with van der Waals surface area (Å²) in [6, 6.07) is 10.9. The van der Waals surface area contributed by atoms with E-state index in [1.807, 2.05) is 0 Å². The fourth-order valence-corrected chi connectivity index (χ4v) is 2.72. The number of nitrogens with one attached hydrogen (secondary N) is 2. The van der Waals surface area contributed by atoms with Gasteiger partial charge in [-0.15, -0.1) is 0 Å². The summed E-state index contributed by atoms with van der Waals surface area (Å²) in [4.78, 5) is 53.6. The van der Waals surface area contributed by atoms with Gasteiger partial charge in [0, 0.05) is 0 Å². The Morgan fingerprint density at radius 2 is 1.43 bits per heavy atom. The smallest absolute Gasteiger partial charge is 0.307 e. The van der Waals surface area contributed by atoms with Crippen molar-refractivity contribution in [1.82, 2.24) is 9.97 Å². The van der Waals surface area contributed by atoms with E-state index >= 15 is 0 Å². The van der Waals surface area contributed by atoms with Crippen molar-refractivity contribution in [2.24, 2.45) is 0 Å². The molecule has 0 aliphatic carbocycles. The normalized spacial score (nSPS) is 13.7. The lowest BCUT2D eigenvalue weighted by Gasteiger charge is -2.14. The Bertz CT molecular complexity index is 1070. The largest absolute Gasteiger partial charge is 0.326 e. The van der Waals surface area contributed by atoms with Crippen LogP contribution in [0.25, 0.3) is 10.9 Å². The molecule has 0 unspecified atom stereocenters. The molecule has 2 N–H and O–H groups in total. The monoisotopic (exact) mass is 307 g/mol. The van der Waals surface area contributed by atoms with Crippen LogP contribution in [0.5, 0.6) is 0 Å². The van der Waals surface area contributed by atoms with Gasteiger partial charge in [-0.05, 0) is 30.3 Å².